The van der Waals surface area contributed by atoms with Crippen molar-refractivity contribution in [3.05, 3.63) is 47.1 Å². The third kappa shape index (κ3) is 5.15. The molecular formula is C25H29F4N5O2. The normalized spacial score (nSPS) is 19.7. The zero-order valence-corrected chi connectivity index (χ0v) is 20.7. The fourth-order valence-electron chi connectivity index (χ4n) is 4.84. The lowest BCUT2D eigenvalue weighted by atomic mass is 9.83. The summed E-state index contributed by atoms with van der Waals surface area (Å²) in [6.07, 6.45) is 4.23. The molecule has 11 heteroatoms. The van der Waals surface area contributed by atoms with Crippen LogP contribution in [0.3, 0.4) is 0 Å². The zero-order chi connectivity index (χ0) is 26.4. The van der Waals surface area contributed by atoms with Crippen LogP contribution >= 0.6 is 0 Å². The molecule has 1 saturated heterocycles. The van der Waals surface area contributed by atoms with Crippen LogP contribution in [0.2, 0.25) is 0 Å². The minimum absolute atomic E-state index is 0.0458. The summed E-state index contributed by atoms with van der Waals surface area (Å²) in [4.78, 5) is 36.8. The Bertz CT molecular complexity index is 1170. The van der Waals surface area contributed by atoms with E-state index in [0.29, 0.717) is 55.5 Å². The number of nitrogens with one attached hydrogen (secondary N) is 1. The number of hydrogen-bond donors (Lipinski definition) is 1. The van der Waals surface area contributed by atoms with Crippen molar-refractivity contribution in [2.45, 2.75) is 71.8 Å². The van der Waals surface area contributed by atoms with Crippen molar-refractivity contribution in [1.82, 2.24) is 15.2 Å². The Hall–Kier alpha value is -3.24. The molecule has 1 aromatic heterocycles. The number of aromatic nitrogens is 1. The fourth-order valence-corrected chi connectivity index (χ4v) is 4.84. The molecule has 0 aromatic carbocycles. The highest BCUT2D eigenvalue weighted by Crippen LogP contribution is 2.38. The molecule has 0 spiro atoms. The van der Waals surface area contributed by atoms with E-state index in [1.165, 1.54) is 11.1 Å². The van der Waals surface area contributed by atoms with Crippen molar-refractivity contribution >= 4 is 23.5 Å². The molecule has 1 N–H and O–H groups in total. The number of allylic oxidation sites excluding steroid dienone is 1. The smallest absolute Gasteiger partial charge is 0.265 e. The van der Waals surface area contributed by atoms with Gasteiger partial charge in [0.2, 0.25) is 11.8 Å². The van der Waals surface area contributed by atoms with Crippen LogP contribution in [0.25, 0.3) is 0 Å². The van der Waals surface area contributed by atoms with Crippen LogP contribution in [-0.4, -0.2) is 46.0 Å². The maximum Gasteiger partial charge on any atom is 0.265 e. The molecule has 36 heavy (non-hydrogen) atoms. The second kappa shape index (κ2) is 9.33. The highest BCUT2D eigenvalue weighted by molar-refractivity contribution is 6.01. The number of hydrogen-bond acceptors (Lipinski definition) is 5. The average molecular weight is 508 g/mol. The topological polar surface area (TPSA) is 77.9 Å². The fraction of sp³-hybridized carbons (Fsp3) is 0.520. The first-order chi connectivity index (χ1) is 16.8. The highest BCUT2D eigenvalue weighted by Gasteiger charge is 2.44. The third-order valence-corrected chi connectivity index (χ3v) is 6.46. The summed E-state index contributed by atoms with van der Waals surface area (Å²) in [7, 11) is 0. The van der Waals surface area contributed by atoms with Crippen LogP contribution in [0.5, 0.6) is 0 Å². The molecule has 0 aliphatic carbocycles. The lowest BCUT2D eigenvalue weighted by Gasteiger charge is -2.37. The molecule has 1 fully saturated rings. The summed E-state index contributed by atoms with van der Waals surface area (Å²) >= 11 is 0. The first kappa shape index (κ1) is 25.8. The van der Waals surface area contributed by atoms with Crippen molar-refractivity contribution in [1.29, 1.82) is 0 Å². The van der Waals surface area contributed by atoms with E-state index in [1.54, 1.807) is 25.7 Å². The van der Waals surface area contributed by atoms with E-state index < -0.39 is 34.9 Å². The van der Waals surface area contributed by atoms with Crippen LogP contribution < -0.4 is 10.2 Å². The number of pyridine rings is 1. The summed E-state index contributed by atoms with van der Waals surface area (Å²) in [6, 6.07) is -0.796. The van der Waals surface area contributed by atoms with Crippen LogP contribution in [0, 0.1) is 17.0 Å². The molecule has 1 atom stereocenters. The molecule has 0 saturated carbocycles. The Kier molecular flexibility index (Phi) is 6.70. The van der Waals surface area contributed by atoms with E-state index in [9.17, 15) is 27.2 Å². The second-order valence-electron chi connectivity index (χ2n) is 10.5. The summed E-state index contributed by atoms with van der Waals surface area (Å²) < 4.78 is 57.0. The van der Waals surface area contributed by atoms with Crippen LogP contribution in [0.4, 0.5) is 23.4 Å². The first-order valence-electron chi connectivity index (χ1n) is 11.9. The lowest BCUT2D eigenvalue weighted by Crippen LogP contribution is -2.54. The minimum Gasteiger partial charge on any atom is -0.343 e. The SMILES string of the molecule is CC(C)(C)[C@@H](NC(=O)C1=CN(c2ncc(F)cc2F)C2=C(CCC(N3CCCC3=O)=N2)C1)C(C)(F)F. The Morgan fingerprint density at radius 2 is 1.86 bits per heavy atom. The Balaban J connectivity index is 1.73. The maximum absolute atomic E-state index is 14.8. The number of rotatable bonds is 4. The van der Waals surface area contributed by atoms with Gasteiger partial charge in [-0.25, -0.2) is 27.5 Å². The quantitative estimate of drug-likeness (QED) is 0.601. The summed E-state index contributed by atoms with van der Waals surface area (Å²) in [6.45, 7) is 6.09. The number of likely N-dealkylation sites (tertiary alicyclic amines) is 1. The Labute approximate surface area is 207 Å². The average Bonchev–Trinajstić information content (AvgIpc) is 3.20. The van der Waals surface area contributed by atoms with Gasteiger partial charge >= 0.3 is 0 Å². The van der Waals surface area contributed by atoms with E-state index in [2.05, 4.69) is 15.3 Å². The monoisotopic (exact) mass is 507 g/mol. The molecule has 0 unspecified atom stereocenters. The van der Waals surface area contributed by atoms with Gasteiger partial charge in [-0.3, -0.25) is 14.5 Å². The number of alkyl halides is 2. The third-order valence-electron chi connectivity index (χ3n) is 6.46. The molecule has 3 aliphatic rings. The summed E-state index contributed by atoms with van der Waals surface area (Å²) in [5.41, 5.74) is -0.155. The van der Waals surface area contributed by atoms with Gasteiger partial charge in [-0.2, -0.15) is 0 Å². The van der Waals surface area contributed by atoms with E-state index in [4.69, 9.17) is 0 Å². The van der Waals surface area contributed by atoms with Gasteiger partial charge in [-0.15, -0.1) is 0 Å². The van der Waals surface area contributed by atoms with Crippen molar-refractivity contribution < 1.29 is 27.2 Å². The van der Waals surface area contributed by atoms with E-state index in [1.807, 2.05) is 0 Å². The van der Waals surface area contributed by atoms with E-state index in [-0.39, 0.29) is 23.7 Å². The van der Waals surface area contributed by atoms with Gasteiger partial charge in [0.05, 0.1) is 12.2 Å². The Morgan fingerprint density at radius 3 is 2.44 bits per heavy atom. The van der Waals surface area contributed by atoms with E-state index in [0.717, 1.165) is 13.1 Å². The van der Waals surface area contributed by atoms with Crippen LogP contribution in [0.1, 0.15) is 59.8 Å². The van der Waals surface area contributed by atoms with Gasteiger partial charge in [-0.05, 0) is 23.8 Å². The molecule has 194 valence electrons. The maximum atomic E-state index is 14.8. The highest BCUT2D eigenvalue weighted by atomic mass is 19.3. The van der Waals surface area contributed by atoms with Crippen LogP contribution in [-0.2, 0) is 9.59 Å². The van der Waals surface area contributed by atoms with Gasteiger partial charge in [0.15, 0.2) is 11.6 Å². The second-order valence-corrected chi connectivity index (χ2v) is 10.5. The number of amidine groups is 1. The molecule has 3 aliphatic heterocycles. The Morgan fingerprint density at radius 1 is 1.14 bits per heavy atom. The number of halogens is 4. The molecule has 7 nitrogen and oxygen atoms in total. The van der Waals surface area contributed by atoms with Crippen LogP contribution in [0.15, 0.2) is 40.4 Å². The summed E-state index contributed by atoms with van der Waals surface area (Å²) in [5.74, 6) is -5.29. The summed E-state index contributed by atoms with van der Waals surface area (Å²) in [5, 5.41) is 2.45. The molecular weight excluding hydrogens is 478 g/mol. The zero-order valence-electron chi connectivity index (χ0n) is 20.7. The van der Waals surface area contributed by atoms with E-state index >= 15 is 0 Å². The number of amides is 2. The minimum atomic E-state index is -3.19. The van der Waals surface area contributed by atoms with Gasteiger partial charge < -0.3 is 10.2 Å². The number of carbonyl (C=O) groups is 2. The molecule has 0 radical (unpaired) electrons. The van der Waals surface area contributed by atoms with Gasteiger partial charge in [0.25, 0.3) is 5.92 Å². The van der Waals surface area contributed by atoms with Gasteiger partial charge in [0.1, 0.15) is 17.5 Å². The van der Waals surface area contributed by atoms with Crippen molar-refractivity contribution in [3.8, 4) is 0 Å². The first-order valence-corrected chi connectivity index (χ1v) is 11.9. The molecule has 2 amide bonds. The number of nitrogens with zero attached hydrogens (tertiary/aromatic N) is 4. The molecule has 1 aromatic rings. The number of anilines is 1. The van der Waals surface area contributed by atoms with Crippen molar-refractivity contribution in [2.75, 3.05) is 11.4 Å². The molecule has 0 bridgehead atoms. The van der Waals surface area contributed by atoms with Gasteiger partial charge in [0, 0.05) is 50.6 Å². The number of aliphatic imine (C=N–C) groups is 1. The molecule has 4 rings (SSSR count). The standard InChI is InChI=1S/C25H29F4N5O2/c1-24(2,3)23(25(4,28)29)32-22(36)15-10-14-7-8-18(33-9-5-6-19(33)35)31-20(14)34(13-15)21-17(27)11-16(26)12-30-21/h11-13,23H,5-10H2,1-4H3,(H,32,36)/t23-/m1/s1. The predicted octanol–water partition coefficient (Wildman–Crippen LogP) is 4.67. The van der Waals surface area contributed by atoms with Crippen molar-refractivity contribution in [2.24, 2.45) is 10.4 Å². The predicted molar refractivity (Wildman–Crippen MR) is 126 cm³/mol. The van der Waals surface area contributed by atoms with Gasteiger partial charge in [-0.1, -0.05) is 20.8 Å². The largest absolute Gasteiger partial charge is 0.343 e. The van der Waals surface area contributed by atoms with Crippen molar-refractivity contribution in [3.63, 3.8) is 0 Å². The number of carbonyl (C=O) groups excluding carboxylic acids is 2. The lowest BCUT2D eigenvalue weighted by molar-refractivity contribution is -0.125. The molecule has 4 heterocycles.